The van der Waals surface area contributed by atoms with Crippen molar-refractivity contribution in [1.82, 2.24) is 9.97 Å². The van der Waals surface area contributed by atoms with E-state index in [1.165, 1.54) is 13.4 Å². The summed E-state index contributed by atoms with van der Waals surface area (Å²) in [5.74, 6) is 1.65. The van der Waals surface area contributed by atoms with E-state index in [1.807, 2.05) is 97.9 Å². The molecule has 0 aliphatic carbocycles. The second-order valence-electron chi connectivity index (χ2n) is 10.8. The topological polar surface area (TPSA) is 117 Å². The molecule has 0 radical (unpaired) electrons. The molecule has 0 aliphatic heterocycles. The highest BCUT2D eigenvalue weighted by atomic mass is 16.5. The van der Waals surface area contributed by atoms with Crippen LogP contribution in [0.4, 0.5) is 5.69 Å². The van der Waals surface area contributed by atoms with Crippen LogP contribution in [0, 0.1) is 6.92 Å². The number of esters is 1. The maximum absolute atomic E-state index is 13.4. The number of para-hydroxylation sites is 1. The molecule has 0 spiro atoms. The van der Waals surface area contributed by atoms with E-state index < -0.39 is 12.0 Å². The second-order valence-corrected chi connectivity index (χ2v) is 10.8. The van der Waals surface area contributed by atoms with Crippen molar-refractivity contribution in [2.24, 2.45) is 0 Å². The van der Waals surface area contributed by atoms with Gasteiger partial charge in [0.1, 0.15) is 23.8 Å². The van der Waals surface area contributed by atoms with Crippen LogP contribution >= 0.6 is 0 Å². The summed E-state index contributed by atoms with van der Waals surface area (Å²) in [4.78, 5) is 34.6. The molecule has 236 valence electrons. The number of rotatable bonds is 13. The van der Waals surface area contributed by atoms with Crippen LogP contribution in [0.5, 0.6) is 5.75 Å². The number of hydrogen-bond acceptors (Lipinski definition) is 9. The van der Waals surface area contributed by atoms with Crippen LogP contribution in [0.15, 0.2) is 124 Å². The van der Waals surface area contributed by atoms with Crippen molar-refractivity contribution in [2.75, 3.05) is 19.0 Å². The number of aryl methyl sites for hydroxylation is 1. The van der Waals surface area contributed by atoms with Crippen molar-refractivity contribution in [3.05, 3.63) is 155 Å². The van der Waals surface area contributed by atoms with E-state index in [2.05, 4.69) is 15.3 Å². The number of hydrogen-bond donors (Lipinski definition) is 1. The predicted octanol–water partition coefficient (Wildman–Crippen LogP) is 7.67. The van der Waals surface area contributed by atoms with Crippen LogP contribution in [0.3, 0.4) is 0 Å². The molecular formula is C38H33N3O6. The molecule has 6 rings (SSSR count). The molecule has 0 bridgehead atoms. The van der Waals surface area contributed by atoms with Crippen molar-refractivity contribution in [3.63, 3.8) is 0 Å². The van der Waals surface area contributed by atoms with Gasteiger partial charge in [-0.1, -0.05) is 72.8 Å². The van der Waals surface area contributed by atoms with Gasteiger partial charge in [-0.2, -0.15) is 0 Å². The fourth-order valence-electron chi connectivity index (χ4n) is 5.17. The standard InChI is InChI=1S/C38H33N3O6/c1-25-31(40-36(47-25)28-13-7-4-8-14-28)21-22-45-29-19-17-26(18-20-29)23-33(37-41-34(24-46-37)38(43)44-2)39-32-16-10-9-15-30(32)35(42)27-11-5-3-6-12-27/h3-20,24,33,39H,21-23H2,1-2H3/t33-/m0/s1. The van der Waals surface area contributed by atoms with E-state index >= 15 is 0 Å². The Labute approximate surface area is 272 Å². The third-order valence-corrected chi connectivity index (χ3v) is 7.64. The highest BCUT2D eigenvalue weighted by Crippen LogP contribution is 2.28. The molecule has 4 aromatic carbocycles. The normalized spacial score (nSPS) is 11.5. The minimum absolute atomic E-state index is 0.0601. The maximum Gasteiger partial charge on any atom is 0.360 e. The number of carbonyl (C=O) groups excluding carboxylic acids is 2. The summed E-state index contributed by atoms with van der Waals surface area (Å²) >= 11 is 0. The van der Waals surface area contributed by atoms with Gasteiger partial charge in [-0.05, 0) is 48.9 Å². The zero-order valence-corrected chi connectivity index (χ0v) is 26.0. The van der Waals surface area contributed by atoms with Crippen molar-refractivity contribution in [1.29, 1.82) is 0 Å². The third kappa shape index (κ3) is 7.48. The van der Waals surface area contributed by atoms with E-state index in [1.54, 1.807) is 18.2 Å². The summed E-state index contributed by atoms with van der Waals surface area (Å²) in [6.45, 7) is 2.34. The Morgan fingerprint density at radius 2 is 1.55 bits per heavy atom. The zero-order valence-electron chi connectivity index (χ0n) is 26.0. The van der Waals surface area contributed by atoms with Gasteiger partial charge in [-0.3, -0.25) is 4.79 Å². The molecule has 47 heavy (non-hydrogen) atoms. The smallest absolute Gasteiger partial charge is 0.360 e. The molecule has 9 heteroatoms. The number of oxazole rings is 2. The molecule has 0 saturated carbocycles. The summed E-state index contributed by atoms with van der Waals surface area (Å²) in [6, 6.07) is 33.4. The zero-order chi connectivity index (χ0) is 32.6. The first kappa shape index (κ1) is 31.0. The molecule has 0 aliphatic rings. The number of aromatic nitrogens is 2. The maximum atomic E-state index is 13.4. The average molecular weight is 628 g/mol. The molecule has 1 N–H and O–H groups in total. The Bertz CT molecular complexity index is 1950. The first-order valence-electron chi connectivity index (χ1n) is 15.2. The Hall–Kier alpha value is -5.96. The largest absolute Gasteiger partial charge is 0.493 e. The molecule has 1 atom stereocenters. The first-order chi connectivity index (χ1) is 23.0. The van der Waals surface area contributed by atoms with Crippen LogP contribution in [-0.2, 0) is 17.6 Å². The monoisotopic (exact) mass is 627 g/mol. The number of nitrogens with zero attached hydrogens (tertiary/aromatic N) is 2. The van der Waals surface area contributed by atoms with Crippen molar-refractivity contribution < 1.29 is 27.9 Å². The summed E-state index contributed by atoms with van der Waals surface area (Å²) in [5.41, 5.74) is 4.51. The van der Waals surface area contributed by atoms with Crippen LogP contribution in [-0.4, -0.2) is 35.4 Å². The number of carbonyl (C=O) groups is 2. The summed E-state index contributed by atoms with van der Waals surface area (Å²) in [6.07, 6.45) is 2.31. The lowest BCUT2D eigenvalue weighted by Gasteiger charge is -2.19. The quantitative estimate of drug-likeness (QED) is 0.102. The van der Waals surface area contributed by atoms with E-state index in [4.69, 9.17) is 18.3 Å². The minimum atomic E-state index is -0.600. The molecule has 6 aromatic rings. The fourth-order valence-corrected chi connectivity index (χ4v) is 5.17. The van der Waals surface area contributed by atoms with Crippen molar-refractivity contribution in [3.8, 4) is 17.2 Å². The van der Waals surface area contributed by atoms with Crippen molar-refractivity contribution >= 4 is 17.4 Å². The Morgan fingerprint density at radius 1 is 0.851 bits per heavy atom. The van der Waals surface area contributed by atoms with Gasteiger partial charge in [-0.25, -0.2) is 14.8 Å². The summed E-state index contributed by atoms with van der Waals surface area (Å²) in [7, 11) is 1.29. The number of methoxy groups -OCH3 is 1. The number of benzene rings is 4. The molecule has 0 fully saturated rings. The second kappa shape index (κ2) is 14.4. The molecular weight excluding hydrogens is 594 g/mol. The van der Waals surface area contributed by atoms with Gasteiger partial charge in [0.2, 0.25) is 11.8 Å². The van der Waals surface area contributed by atoms with Gasteiger partial charge in [0, 0.05) is 35.2 Å². The number of anilines is 1. The van der Waals surface area contributed by atoms with E-state index in [9.17, 15) is 9.59 Å². The van der Waals surface area contributed by atoms with Gasteiger partial charge < -0.3 is 23.6 Å². The van der Waals surface area contributed by atoms with Gasteiger partial charge >= 0.3 is 5.97 Å². The predicted molar refractivity (Wildman–Crippen MR) is 177 cm³/mol. The SMILES string of the molecule is COC(=O)c1coc([C@H](Cc2ccc(OCCc3nc(-c4ccccc4)oc3C)cc2)Nc2ccccc2C(=O)c2ccccc2)n1. The lowest BCUT2D eigenvalue weighted by atomic mass is 10.00. The Morgan fingerprint density at radius 3 is 2.30 bits per heavy atom. The number of ketones is 1. The van der Waals surface area contributed by atoms with E-state index in [0.717, 1.165) is 22.6 Å². The minimum Gasteiger partial charge on any atom is -0.493 e. The van der Waals surface area contributed by atoms with Crippen molar-refractivity contribution in [2.45, 2.75) is 25.8 Å². The van der Waals surface area contributed by atoms with E-state index in [0.29, 0.717) is 47.9 Å². The number of ether oxygens (including phenoxy) is 2. The first-order valence-corrected chi connectivity index (χ1v) is 15.2. The van der Waals surface area contributed by atoms with Gasteiger partial charge in [0.25, 0.3) is 0 Å². The molecule has 0 saturated heterocycles. The molecule has 0 unspecified atom stereocenters. The molecule has 0 amide bonds. The van der Waals surface area contributed by atoms with Crippen LogP contribution in [0.2, 0.25) is 0 Å². The lowest BCUT2D eigenvalue weighted by molar-refractivity contribution is 0.0593. The highest BCUT2D eigenvalue weighted by molar-refractivity contribution is 6.12. The average Bonchev–Trinajstić information content (AvgIpc) is 3.76. The number of nitrogens with one attached hydrogen (secondary N) is 1. The third-order valence-electron chi connectivity index (χ3n) is 7.64. The van der Waals surface area contributed by atoms with Gasteiger partial charge in [0.15, 0.2) is 11.5 Å². The van der Waals surface area contributed by atoms with Gasteiger partial charge in [-0.15, -0.1) is 0 Å². The van der Waals surface area contributed by atoms with Crippen LogP contribution in [0.1, 0.15) is 55.4 Å². The summed E-state index contributed by atoms with van der Waals surface area (Å²) in [5, 5.41) is 3.44. The fraction of sp³-hybridized carbons (Fsp3) is 0.158. The molecule has 9 nitrogen and oxygen atoms in total. The van der Waals surface area contributed by atoms with E-state index in [-0.39, 0.29) is 17.4 Å². The molecule has 2 heterocycles. The van der Waals surface area contributed by atoms with Crippen LogP contribution < -0.4 is 10.1 Å². The van der Waals surface area contributed by atoms with Crippen LogP contribution in [0.25, 0.3) is 11.5 Å². The summed E-state index contributed by atoms with van der Waals surface area (Å²) < 4.78 is 22.5. The Balaban J connectivity index is 1.16. The lowest BCUT2D eigenvalue weighted by Crippen LogP contribution is -2.17. The van der Waals surface area contributed by atoms with Gasteiger partial charge in [0.05, 0.1) is 19.4 Å². The Kier molecular flexibility index (Phi) is 9.53. The molecule has 2 aromatic heterocycles. The highest BCUT2D eigenvalue weighted by Gasteiger charge is 2.23.